The molecule has 0 bridgehead atoms. The number of hydrogen-bond donors (Lipinski definition) is 1. The number of carbonyl (C=O) groups is 1. The van der Waals surface area contributed by atoms with Crippen molar-refractivity contribution < 1.29 is 9.53 Å². The molecule has 0 radical (unpaired) electrons. The van der Waals surface area contributed by atoms with Crippen molar-refractivity contribution in [1.29, 1.82) is 0 Å². The Hall–Kier alpha value is -3.77. The van der Waals surface area contributed by atoms with Crippen molar-refractivity contribution in [2.75, 3.05) is 16.9 Å². The molecule has 1 aliphatic rings. The molecule has 6 heteroatoms. The lowest BCUT2D eigenvalue weighted by molar-refractivity contribution is 0.155. The largest absolute Gasteiger partial charge is 0.444 e. The van der Waals surface area contributed by atoms with Crippen molar-refractivity contribution in [1.82, 2.24) is 0 Å². The van der Waals surface area contributed by atoms with Gasteiger partial charge in [0.05, 0.1) is 6.57 Å². The molecule has 3 rings (SSSR count). The van der Waals surface area contributed by atoms with Crippen molar-refractivity contribution in [3.8, 4) is 0 Å². The van der Waals surface area contributed by atoms with Gasteiger partial charge in [-0.05, 0) is 42.7 Å². The molecule has 0 aromatic heterocycles. The highest BCUT2D eigenvalue weighted by atomic mass is 16.5. The number of nitrogens with one attached hydrogen (secondary N) is 1. The number of nitrogens with zero attached hydrogens (tertiary/aromatic N) is 3. The van der Waals surface area contributed by atoms with Crippen molar-refractivity contribution in [2.24, 2.45) is 0 Å². The fraction of sp³-hybridized carbons (Fsp3) is 0.227. The van der Waals surface area contributed by atoms with Gasteiger partial charge in [0, 0.05) is 17.1 Å². The SMILES string of the molecule is [C-]#[N+]CN(C1=C([N+]#[C-])CCC1)c1ccc(NC(=O)OCc2ccccc2)cc1. The summed E-state index contributed by atoms with van der Waals surface area (Å²) in [5, 5.41) is 2.70. The van der Waals surface area contributed by atoms with Crippen LogP contribution in [-0.2, 0) is 11.3 Å². The second-order valence-electron chi connectivity index (χ2n) is 6.32. The Morgan fingerprint density at radius 3 is 2.50 bits per heavy atom. The molecule has 2 aromatic rings. The molecule has 0 aliphatic heterocycles. The standard InChI is InChI=1S/C22H20N4O2/c1-23-16-26(21-10-6-9-20(21)24-2)19-13-11-18(12-14-19)25-22(27)28-15-17-7-4-3-5-8-17/h3-5,7-8,11-14H,6,9-10,15-16H2,(H,25,27). The first-order chi connectivity index (χ1) is 13.7. The van der Waals surface area contributed by atoms with Crippen LogP contribution < -0.4 is 10.2 Å². The van der Waals surface area contributed by atoms with E-state index < -0.39 is 6.09 Å². The van der Waals surface area contributed by atoms with Gasteiger partial charge < -0.3 is 4.74 Å². The van der Waals surface area contributed by atoms with Crippen LogP contribution in [0, 0.1) is 13.1 Å². The van der Waals surface area contributed by atoms with Gasteiger partial charge in [-0.1, -0.05) is 36.8 Å². The van der Waals surface area contributed by atoms with Gasteiger partial charge in [0.25, 0.3) is 6.67 Å². The minimum atomic E-state index is -0.525. The van der Waals surface area contributed by atoms with Gasteiger partial charge in [-0.3, -0.25) is 15.1 Å². The molecule has 140 valence electrons. The molecule has 2 aromatic carbocycles. The van der Waals surface area contributed by atoms with Gasteiger partial charge in [0.2, 0.25) is 0 Å². The van der Waals surface area contributed by atoms with Gasteiger partial charge in [-0.25, -0.2) is 16.2 Å². The smallest absolute Gasteiger partial charge is 0.411 e. The Morgan fingerprint density at radius 1 is 1.07 bits per heavy atom. The fourth-order valence-corrected chi connectivity index (χ4v) is 3.12. The predicted octanol–water partition coefficient (Wildman–Crippen LogP) is 5.43. The molecule has 1 amide bonds. The molecular formula is C22H20N4O2. The van der Waals surface area contributed by atoms with Crippen molar-refractivity contribution in [3.63, 3.8) is 0 Å². The maximum atomic E-state index is 12.0. The summed E-state index contributed by atoms with van der Waals surface area (Å²) < 4.78 is 5.22. The minimum absolute atomic E-state index is 0.167. The molecule has 0 saturated heterocycles. The molecule has 1 aliphatic carbocycles. The van der Waals surface area contributed by atoms with Crippen LogP contribution in [0.5, 0.6) is 0 Å². The molecule has 0 saturated carbocycles. The highest BCUT2D eigenvalue weighted by molar-refractivity contribution is 5.85. The average molecular weight is 372 g/mol. The van der Waals surface area contributed by atoms with Crippen molar-refractivity contribution >= 4 is 17.5 Å². The summed E-state index contributed by atoms with van der Waals surface area (Å²) in [7, 11) is 0. The van der Waals surface area contributed by atoms with E-state index in [0.29, 0.717) is 5.69 Å². The van der Waals surface area contributed by atoms with Crippen LogP contribution >= 0.6 is 0 Å². The summed E-state index contributed by atoms with van der Waals surface area (Å²) >= 11 is 0. The van der Waals surface area contributed by atoms with Gasteiger partial charge in [-0.2, -0.15) is 0 Å². The number of ether oxygens (including phenoxy) is 1. The number of anilines is 2. The van der Waals surface area contributed by atoms with E-state index in [-0.39, 0.29) is 13.3 Å². The first-order valence-corrected chi connectivity index (χ1v) is 8.99. The van der Waals surface area contributed by atoms with Crippen LogP contribution in [-0.4, -0.2) is 12.8 Å². The molecule has 0 spiro atoms. The van der Waals surface area contributed by atoms with Crippen LogP contribution in [0.3, 0.4) is 0 Å². The average Bonchev–Trinajstić information content (AvgIpc) is 3.20. The van der Waals surface area contributed by atoms with Gasteiger partial charge >= 0.3 is 6.09 Å². The highest BCUT2D eigenvalue weighted by Gasteiger charge is 2.23. The van der Waals surface area contributed by atoms with Gasteiger partial charge in [0.15, 0.2) is 5.70 Å². The second kappa shape index (κ2) is 9.25. The van der Waals surface area contributed by atoms with Crippen molar-refractivity contribution in [3.05, 3.63) is 94.4 Å². The fourth-order valence-electron chi connectivity index (χ4n) is 3.12. The van der Waals surface area contributed by atoms with Crippen LogP contribution in [0.25, 0.3) is 9.69 Å². The number of allylic oxidation sites excluding steroid dienone is 2. The maximum Gasteiger partial charge on any atom is 0.411 e. The number of amides is 1. The van der Waals surface area contributed by atoms with Crippen LogP contribution in [0.1, 0.15) is 24.8 Å². The maximum absolute atomic E-state index is 12.0. The number of hydrogen-bond acceptors (Lipinski definition) is 3. The van der Waals surface area contributed by atoms with Crippen molar-refractivity contribution in [2.45, 2.75) is 25.9 Å². The summed E-state index contributed by atoms with van der Waals surface area (Å²) in [5.74, 6) is 0. The monoisotopic (exact) mass is 372 g/mol. The number of carbonyl (C=O) groups excluding carboxylic acids is 1. The summed E-state index contributed by atoms with van der Waals surface area (Å²) in [6.45, 7) is 14.9. The molecule has 0 atom stereocenters. The van der Waals surface area contributed by atoms with Gasteiger partial charge in [-0.15, -0.1) is 0 Å². The third kappa shape index (κ3) is 4.69. The normalized spacial score (nSPS) is 12.8. The van der Waals surface area contributed by atoms with E-state index in [4.69, 9.17) is 17.9 Å². The Balaban J connectivity index is 1.64. The van der Waals surface area contributed by atoms with Crippen LogP contribution in [0.2, 0.25) is 0 Å². The van der Waals surface area contributed by atoms with E-state index in [2.05, 4.69) is 15.0 Å². The van der Waals surface area contributed by atoms with Crippen LogP contribution in [0.15, 0.2) is 66.0 Å². The lowest BCUT2D eigenvalue weighted by Gasteiger charge is -2.21. The van der Waals surface area contributed by atoms with E-state index in [1.807, 2.05) is 47.4 Å². The summed E-state index contributed by atoms with van der Waals surface area (Å²) in [6.07, 6.45) is 1.98. The first-order valence-electron chi connectivity index (χ1n) is 8.99. The second-order valence-corrected chi connectivity index (χ2v) is 6.32. The highest BCUT2D eigenvalue weighted by Crippen LogP contribution is 2.33. The third-order valence-electron chi connectivity index (χ3n) is 4.47. The Kier molecular flexibility index (Phi) is 6.28. The quantitative estimate of drug-likeness (QED) is 0.688. The van der Waals surface area contributed by atoms with E-state index >= 15 is 0 Å². The number of benzene rings is 2. The molecule has 1 N–H and O–H groups in total. The van der Waals surface area contributed by atoms with E-state index in [1.54, 1.807) is 12.1 Å². The molecule has 6 nitrogen and oxygen atoms in total. The summed E-state index contributed by atoms with van der Waals surface area (Å²) in [6, 6.07) is 16.7. The lowest BCUT2D eigenvalue weighted by Crippen LogP contribution is -2.21. The minimum Gasteiger partial charge on any atom is -0.444 e. The van der Waals surface area contributed by atoms with E-state index in [0.717, 1.165) is 41.9 Å². The Labute approximate surface area is 164 Å². The number of rotatable bonds is 6. The lowest BCUT2D eigenvalue weighted by atomic mass is 10.2. The zero-order chi connectivity index (χ0) is 19.8. The first kappa shape index (κ1) is 19.0. The van der Waals surface area contributed by atoms with E-state index in [9.17, 15) is 4.79 Å². The molecule has 28 heavy (non-hydrogen) atoms. The topological polar surface area (TPSA) is 50.3 Å². The van der Waals surface area contributed by atoms with Gasteiger partial charge in [0.1, 0.15) is 6.61 Å². The summed E-state index contributed by atoms with van der Waals surface area (Å²) in [5.41, 5.74) is 4.01. The Bertz CT molecular complexity index is 937. The van der Waals surface area contributed by atoms with Crippen LogP contribution in [0.4, 0.5) is 16.2 Å². The van der Waals surface area contributed by atoms with E-state index in [1.165, 1.54) is 0 Å². The third-order valence-corrected chi connectivity index (χ3v) is 4.47. The molecule has 0 heterocycles. The molecule has 0 fully saturated rings. The molecule has 0 unspecified atom stereocenters. The predicted molar refractivity (Wildman–Crippen MR) is 108 cm³/mol. The Morgan fingerprint density at radius 2 is 1.82 bits per heavy atom. The zero-order valence-corrected chi connectivity index (χ0v) is 15.4. The summed E-state index contributed by atoms with van der Waals surface area (Å²) in [4.78, 5) is 21.0. The zero-order valence-electron chi connectivity index (χ0n) is 15.4. The molecular weight excluding hydrogens is 352 g/mol.